The summed E-state index contributed by atoms with van der Waals surface area (Å²) in [7, 11) is 0. The number of hydrogen-bond donors (Lipinski definition) is 2. The van der Waals surface area contributed by atoms with E-state index >= 15 is 0 Å². The number of likely N-dealkylation sites (tertiary alicyclic amines) is 1. The maximum absolute atomic E-state index is 13.0. The van der Waals surface area contributed by atoms with Gasteiger partial charge in [0.2, 0.25) is 11.9 Å². The maximum atomic E-state index is 13.0. The van der Waals surface area contributed by atoms with Gasteiger partial charge < -0.3 is 15.5 Å². The van der Waals surface area contributed by atoms with Crippen molar-refractivity contribution >= 4 is 34.3 Å². The number of carbonyl (C=O) groups excluding carboxylic acids is 1. The molecule has 40 heavy (non-hydrogen) atoms. The smallest absolute Gasteiger partial charge is 0.227 e. The third-order valence-electron chi connectivity index (χ3n) is 8.12. The lowest BCUT2D eigenvalue weighted by atomic mass is 9.95. The molecule has 2 aliphatic rings. The van der Waals surface area contributed by atoms with E-state index in [0.29, 0.717) is 6.54 Å². The number of anilines is 3. The zero-order valence-electron chi connectivity index (χ0n) is 23.3. The van der Waals surface area contributed by atoms with Gasteiger partial charge in [-0.05, 0) is 81.1 Å². The summed E-state index contributed by atoms with van der Waals surface area (Å²) in [6, 6.07) is 25.0. The van der Waals surface area contributed by atoms with Crippen molar-refractivity contribution in [1.82, 2.24) is 14.9 Å². The quantitative estimate of drug-likeness (QED) is 0.289. The maximum Gasteiger partial charge on any atom is 0.227 e. The molecule has 0 unspecified atom stereocenters. The second kappa shape index (κ2) is 12.0. The molecular weight excluding hydrogens is 496 g/mol. The predicted octanol–water partition coefficient (Wildman–Crippen LogP) is 6.00. The van der Waals surface area contributed by atoms with Crippen LogP contribution in [0.2, 0.25) is 0 Å². The number of nitrogens with zero attached hydrogens (tertiary/aromatic N) is 4. The Morgan fingerprint density at radius 1 is 0.875 bits per heavy atom. The molecule has 0 aliphatic carbocycles. The van der Waals surface area contributed by atoms with E-state index in [2.05, 4.69) is 88.0 Å². The number of piperidine rings is 1. The number of amides is 1. The summed E-state index contributed by atoms with van der Waals surface area (Å²) in [5.41, 5.74) is 5.47. The average Bonchev–Trinajstić information content (AvgIpc) is 3.53. The molecule has 7 nitrogen and oxygen atoms in total. The van der Waals surface area contributed by atoms with E-state index in [4.69, 9.17) is 9.97 Å². The Bertz CT molecular complexity index is 1440. The Morgan fingerprint density at radius 2 is 1.62 bits per heavy atom. The van der Waals surface area contributed by atoms with E-state index in [1.807, 2.05) is 12.1 Å². The van der Waals surface area contributed by atoms with Gasteiger partial charge in [-0.1, -0.05) is 54.1 Å². The number of hydrogen-bond acceptors (Lipinski definition) is 6. The lowest BCUT2D eigenvalue weighted by Gasteiger charge is -2.31. The van der Waals surface area contributed by atoms with E-state index in [0.717, 1.165) is 79.5 Å². The number of aryl methyl sites for hydroxylation is 1. The summed E-state index contributed by atoms with van der Waals surface area (Å²) < 4.78 is 0. The highest BCUT2D eigenvalue weighted by Crippen LogP contribution is 2.27. The predicted molar refractivity (Wildman–Crippen MR) is 163 cm³/mol. The van der Waals surface area contributed by atoms with E-state index in [9.17, 15) is 4.79 Å². The van der Waals surface area contributed by atoms with E-state index < -0.39 is 0 Å². The number of fused-ring (bicyclic) bond motifs is 1. The minimum Gasteiger partial charge on any atom is -0.365 e. The van der Waals surface area contributed by atoms with Gasteiger partial charge in [-0.3, -0.25) is 9.69 Å². The molecule has 7 heteroatoms. The van der Waals surface area contributed by atoms with Crippen LogP contribution >= 0.6 is 0 Å². The molecule has 0 spiro atoms. The third kappa shape index (κ3) is 6.26. The Balaban J connectivity index is 1.04. The molecule has 2 N–H and O–H groups in total. The highest BCUT2D eigenvalue weighted by Gasteiger charge is 2.25. The topological polar surface area (TPSA) is 73.4 Å². The average molecular weight is 535 g/mol. The largest absolute Gasteiger partial charge is 0.365 e. The second-order valence-electron chi connectivity index (χ2n) is 11.2. The fraction of sp³-hybridized carbons (Fsp3) is 0.364. The van der Waals surface area contributed by atoms with Gasteiger partial charge in [0, 0.05) is 43.2 Å². The van der Waals surface area contributed by atoms with E-state index in [1.165, 1.54) is 24.0 Å². The number of nitrogens with one attached hydrogen (secondary N) is 2. The van der Waals surface area contributed by atoms with Gasteiger partial charge in [-0.15, -0.1) is 0 Å². The number of carbonyl (C=O) groups is 1. The van der Waals surface area contributed by atoms with Gasteiger partial charge in [0.05, 0.1) is 5.52 Å². The molecule has 0 saturated carbocycles. The minimum absolute atomic E-state index is 0.0627. The minimum atomic E-state index is 0.0627. The Labute approximate surface area is 236 Å². The number of rotatable bonds is 8. The standard InChI is InChI=1S/C33H38N6O/c1-24-9-14-30-29(21-24)31(37-33(36-30)39-17-5-6-18-39)34-22-25-10-12-28(13-11-25)35-32(40)27-15-19-38(20-16-27)23-26-7-3-2-4-8-26/h2-4,7-14,21,27H,5-6,15-20,22-23H2,1H3,(H,35,40)(H,34,36,37). The Morgan fingerprint density at radius 3 is 2.38 bits per heavy atom. The number of aromatic nitrogens is 2. The van der Waals surface area contributed by atoms with Crippen molar-refractivity contribution in [2.75, 3.05) is 41.7 Å². The van der Waals surface area contributed by atoms with Gasteiger partial charge >= 0.3 is 0 Å². The molecule has 0 bridgehead atoms. The van der Waals surface area contributed by atoms with Crippen molar-refractivity contribution < 1.29 is 4.79 Å². The SMILES string of the molecule is Cc1ccc2nc(N3CCCC3)nc(NCc3ccc(NC(=O)C4CCN(Cc5ccccc5)CC4)cc3)c2c1. The van der Waals surface area contributed by atoms with Gasteiger partial charge in [0.15, 0.2) is 0 Å². The molecule has 6 rings (SSSR count). The summed E-state index contributed by atoms with van der Waals surface area (Å²) in [6.07, 6.45) is 4.17. The first-order valence-corrected chi connectivity index (χ1v) is 14.5. The summed E-state index contributed by atoms with van der Waals surface area (Å²) in [5, 5.41) is 7.74. The molecule has 3 heterocycles. The lowest BCUT2D eigenvalue weighted by molar-refractivity contribution is -0.121. The fourth-order valence-corrected chi connectivity index (χ4v) is 5.75. The van der Waals surface area contributed by atoms with Gasteiger partial charge in [0.25, 0.3) is 0 Å². The zero-order chi connectivity index (χ0) is 27.3. The summed E-state index contributed by atoms with van der Waals surface area (Å²) in [6.45, 7) is 7.62. The van der Waals surface area contributed by atoms with Crippen molar-refractivity contribution in [2.24, 2.45) is 5.92 Å². The van der Waals surface area contributed by atoms with Gasteiger partial charge in [0.1, 0.15) is 5.82 Å². The Hall–Kier alpha value is -3.97. The van der Waals surface area contributed by atoms with Crippen LogP contribution in [0.25, 0.3) is 10.9 Å². The summed E-state index contributed by atoms with van der Waals surface area (Å²) >= 11 is 0. The van der Waals surface area contributed by atoms with Crippen molar-refractivity contribution in [1.29, 1.82) is 0 Å². The summed E-state index contributed by atoms with van der Waals surface area (Å²) in [4.78, 5) is 27.4. The first kappa shape index (κ1) is 26.3. The zero-order valence-corrected chi connectivity index (χ0v) is 23.3. The molecule has 1 amide bonds. The van der Waals surface area contributed by atoms with E-state index in [1.54, 1.807) is 0 Å². The van der Waals surface area contributed by atoms with Gasteiger partial charge in [-0.2, -0.15) is 4.98 Å². The number of benzene rings is 3. The molecule has 3 aromatic carbocycles. The van der Waals surface area contributed by atoms with Crippen LogP contribution in [0.5, 0.6) is 0 Å². The Kier molecular flexibility index (Phi) is 7.91. The summed E-state index contributed by atoms with van der Waals surface area (Å²) in [5.74, 6) is 1.86. The van der Waals surface area contributed by atoms with Crippen LogP contribution < -0.4 is 15.5 Å². The molecule has 4 aromatic rings. The van der Waals surface area contributed by atoms with Crippen LogP contribution in [0.4, 0.5) is 17.5 Å². The van der Waals surface area contributed by atoms with Crippen LogP contribution in [0, 0.1) is 12.8 Å². The van der Waals surface area contributed by atoms with Crippen LogP contribution in [0.15, 0.2) is 72.8 Å². The van der Waals surface area contributed by atoms with Crippen molar-refractivity contribution in [3.8, 4) is 0 Å². The van der Waals surface area contributed by atoms with Gasteiger partial charge in [-0.25, -0.2) is 4.98 Å². The molecule has 2 aliphatic heterocycles. The lowest BCUT2D eigenvalue weighted by Crippen LogP contribution is -2.37. The molecule has 2 saturated heterocycles. The van der Waals surface area contributed by atoms with E-state index in [-0.39, 0.29) is 11.8 Å². The van der Waals surface area contributed by atoms with Crippen molar-refractivity contribution in [2.45, 2.75) is 45.7 Å². The van der Waals surface area contributed by atoms with Crippen molar-refractivity contribution in [3.05, 3.63) is 89.5 Å². The van der Waals surface area contributed by atoms with Crippen LogP contribution in [-0.4, -0.2) is 47.0 Å². The third-order valence-corrected chi connectivity index (χ3v) is 8.12. The molecule has 1 aromatic heterocycles. The van der Waals surface area contributed by atoms with Crippen LogP contribution in [-0.2, 0) is 17.9 Å². The van der Waals surface area contributed by atoms with Crippen LogP contribution in [0.1, 0.15) is 42.4 Å². The molecule has 2 fully saturated rings. The molecule has 206 valence electrons. The molecular formula is C33H38N6O. The van der Waals surface area contributed by atoms with Crippen LogP contribution in [0.3, 0.4) is 0 Å². The van der Waals surface area contributed by atoms with Crippen molar-refractivity contribution in [3.63, 3.8) is 0 Å². The highest BCUT2D eigenvalue weighted by molar-refractivity contribution is 5.93. The normalized spacial score (nSPS) is 16.4. The molecule has 0 atom stereocenters. The highest BCUT2D eigenvalue weighted by atomic mass is 16.1. The first-order chi connectivity index (χ1) is 19.6. The first-order valence-electron chi connectivity index (χ1n) is 14.5. The fourth-order valence-electron chi connectivity index (χ4n) is 5.75. The monoisotopic (exact) mass is 534 g/mol. The second-order valence-corrected chi connectivity index (χ2v) is 11.2. The molecule has 0 radical (unpaired) electrons.